The summed E-state index contributed by atoms with van der Waals surface area (Å²) in [5.41, 5.74) is 2.63. The van der Waals surface area contributed by atoms with Crippen LogP contribution in [0.3, 0.4) is 0 Å². The number of esters is 2. The van der Waals surface area contributed by atoms with Gasteiger partial charge >= 0.3 is 11.9 Å². The van der Waals surface area contributed by atoms with Gasteiger partial charge < -0.3 is 37.4 Å². The van der Waals surface area contributed by atoms with Gasteiger partial charge in [0.25, 0.3) is 7.82 Å². The zero-order chi connectivity index (χ0) is 45.9. The Kier molecular flexibility index (Phi) is 32.5. The van der Waals surface area contributed by atoms with E-state index in [9.17, 15) is 24.2 Å². The number of unbranched alkanes of at least 4 members (excludes halogenated alkanes) is 10. The minimum atomic E-state index is -4.67. The summed E-state index contributed by atoms with van der Waals surface area (Å²) >= 11 is 0. The maximum atomic E-state index is 12.8. The van der Waals surface area contributed by atoms with E-state index in [1.54, 1.807) is 6.08 Å². The molecule has 11 nitrogen and oxygen atoms in total. The van der Waals surface area contributed by atoms with Gasteiger partial charge in [-0.1, -0.05) is 126 Å². The Morgan fingerprint density at radius 2 is 1.32 bits per heavy atom. The third-order valence-corrected chi connectivity index (χ3v) is 11.3. The molecule has 0 amide bonds. The van der Waals surface area contributed by atoms with Crippen molar-refractivity contribution in [3.8, 4) is 0 Å². The molecule has 1 rings (SSSR count). The molecule has 3 atom stereocenters. The first-order valence-corrected chi connectivity index (χ1v) is 24.9. The van der Waals surface area contributed by atoms with E-state index in [0.29, 0.717) is 36.7 Å². The van der Waals surface area contributed by atoms with Gasteiger partial charge in [-0.2, -0.15) is 0 Å². The number of phosphoric ester groups is 1. The van der Waals surface area contributed by atoms with Crippen molar-refractivity contribution in [2.75, 3.05) is 47.5 Å². The number of rotatable bonds is 38. The molecular weight excluding hydrogens is 806 g/mol. The fourth-order valence-electron chi connectivity index (χ4n) is 6.36. The second-order valence-corrected chi connectivity index (χ2v) is 18.6. The molecule has 1 N–H and O–H groups in total. The number of hydrogen-bond acceptors (Lipinski definition) is 10. The highest BCUT2D eigenvalue weighted by Crippen LogP contribution is 2.38. The fourth-order valence-corrected chi connectivity index (χ4v) is 7.09. The Morgan fingerprint density at radius 1 is 0.726 bits per heavy atom. The van der Waals surface area contributed by atoms with E-state index >= 15 is 0 Å². The van der Waals surface area contributed by atoms with Crippen LogP contribution in [-0.4, -0.2) is 81.2 Å². The van der Waals surface area contributed by atoms with Crippen LogP contribution >= 0.6 is 7.82 Å². The van der Waals surface area contributed by atoms with Gasteiger partial charge in [0.2, 0.25) is 0 Å². The van der Waals surface area contributed by atoms with Crippen LogP contribution in [0, 0.1) is 13.8 Å². The molecule has 0 saturated heterocycles. The maximum absolute atomic E-state index is 12.8. The first-order valence-electron chi connectivity index (χ1n) is 23.5. The van der Waals surface area contributed by atoms with E-state index in [2.05, 4.69) is 45.9 Å². The molecule has 0 fully saturated rings. The van der Waals surface area contributed by atoms with E-state index in [1.807, 2.05) is 57.6 Å². The average molecular weight is 890 g/mol. The number of furan rings is 1. The van der Waals surface area contributed by atoms with Crippen molar-refractivity contribution in [3.63, 3.8) is 0 Å². The van der Waals surface area contributed by atoms with Crippen LogP contribution in [0.1, 0.15) is 158 Å². The Labute approximate surface area is 375 Å². The minimum absolute atomic E-state index is 0.0597. The van der Waals surface area contributed by atoms with Crippen molar-refractivity contribution in [3.05, 3.63) is 83.4 Å². The number of aliphatic hydroxyl groups is 1. The topological polar surface area (TPSA) is 145 Å². The first kappa shape index (κ1) is 57.0. The van der Waals surface area contributed by atoms with Crippen molar-refractivity contribution >= 4 is 19.8 Å². The quantitative estimate of drug-likeness (QED) is 0.0170. The molecule has 0 aliphatic rings. The molecule has 0 aliphatic carbocycles. The molecule has 0 aliphatic heterocycles. The average Bonchev–Trinajstić information content (AvgIpc) is 3.48. The molecule has 62 heavy (non-hydrogen) atoms. The zero-order valence-electron chi connectivity index (χ0n) is 39.6. The van der Waals surface area contributed by atoms with Crippen LogP contribution in [0.25, 0.3) is 0 Å². The highest BCUT2D eigenvalue weighted by molar-refractivity contribution is 7.45. The molecule has 1 heterocycles. The largest absolute Gasteiger partial charge is 0.756 e. The predicted octanol–water partition coefficient (Wildman–Crippen LogP) is 11.2. The molecule has 354 valence electrons. The number of carbonyl (C=O) groups is 2. The van der Waals surface area contributed by atoms with E-state index in [-0.39, 0.29) is 26.1 Å². The molecule has 2 unspecified atom stereocenters. The zero-order valence-corrected chi connectivity index (χ0v) is 40.5. The summed E-state index contributed by atoms with van der Waals surface area (Å²) in [7, 11) is 1.07. The normalized spacial score (nSPS) is 14.5. The number of phosphoric acid groups is 1. The molecule has 0 radical (unpaired) electrons. The Balaban J connectivity index is 2.41. The summed E-state index contributed by atoms with van der Waals surface area (Å²) in [4.78, 5) is 37.7. The lowest BCUT2D eigenvalue weighted by molar-refractivity contribution is -0.870. The lowest BCUT2D eigenvalue weighted by atomic mass is 10.0. The highest BCUT2D eigenvalue weighted by Gasteiger charge is 2.22. The fraction of sp³-hybridized carbons (Fsp3) is 0.680. The number of allylic oxidation sites excluding steroid dienone is 8. The van der Waals surface area contributed by atoms with E-state index in [4.69, 9.17) is 22.9 Å². The van der Waals surface area contributed by atoms with Crippen LogP contribution in [0.15, 0.2) is 65.2 Å². The van der Waals surface area contributed by atoms with Gasteiger partial charge in [-0.25, -0.2) is 0 Å². The molecule has 1 aromatic rings. The van der Waals surface area contributed by atoms with Crippen molar-refractivity contribution in [1.29, 1.82) is 0 Å². The summed E-state index contributed by atoms with van der Waals surface area (Å²) in [6.07, 6.45) is 36.8. The lowest BCUT2D eigenvalue weighted by Crippen LogP contribution is -2.37. The van der Waals surface area contributed by atoms with Crippen molar-refractivity contribution in [2.24, 2.45) is 0 Å². The summed E-state index contributed by atoms with van der Waals surface area (Å²) < 4.78 is 40.1. The molecule has 0 bridgehead atoms. The molecule has 0 saturated carbocycles. The first-order chi connectivity index (χ1) is 29.7. The third kappa shape index (κ3) is 31.7. The number of carbonyl (C=O) groups excluding carboxylic acids is 2. The second-order valence-electron chi connectivity index (χ2n) is 17.2. The van der Waals surface area contributed by atoms with Gasteiger partial charge in [-0.05, 0) is 82.8 Å². The third-order valence-electron chi connectivity index (χ3n) is 10.3. The van der Waals surface area contributed by atoms with Gasteiger partial charge in [0, 0.05) is 25.7 Å². The number of ether oxygens (including phenoxy) is 2. The van der Waals surface area contributed by atoms with Crippen LogP contribution in [0.5, 0.6) is 0 Å². The number of aliphatic hydroxyl groups excluding tert-OH is 1. The van der Waals surface area contributed by atoms with E-state index in [0.717, 1.165) is 75.7 Å². The van der Waals surface area contributed by atoms with Gasteiger partial charge in [-0.15, -0.1) is 0 Å². The van der Waals surface area contributed by atoms with Crippen molar-refractivity contribution in [1.82, 2.24) is 0 Å². The minimum Gasteiger partial charge on any atom is -0.756 e. The molecular formula is C50H84NO10P. The summed E-state index contributed by atoms with van der Waals surface area (Å²) in [5.74, 6) is 1.35. The number of aryl methyl sites for hydroxylation is 2. The van der Waals surface area contributed by atoms with E-state index in [1.165, 1.54) is 43.2 Å². The van der Waals surface area contributed by atoms with Crippen LogP contribution < -0.4 is 4.89 Å². The Morgan fingerprint density at radius 3 is 1.98 bits per heavy atom. The van der Waals surface area contributed by atoms with Gasteiger partial charge in [0.15, 0.2) is 6.10 Å². The standard InChI is InChI=1S/C50H84NO10P/c1-8-10-12-13-22-28-33-45(52)34-29-23-18-14-16-20-25-31-37-49(53)57-41-46(42-59-62(55,56)58-40-39-51(5,6)7)60-50(54)38-32-26-21-17-15-19-24-30-36-48-44(4)43(3)47(61-48)35-27-11-9-2/h10,12,16,18,20,22-23,28-29,34,45-46,52H,8-9,11,13-15,17,19,21,24-27,30-33,35-42H2,1-7H3/b12-10-,20-16-,23-18-,28-22-,34-29+/t45?,46-/m1/s1. The highest BCUT2D eigenvalue weighted by atomic mass is 31.2. The number of quaternary nitrogens is 1. The summed E-state index contributed by atoms with van der Waals surface area (Å²) in [6.45, 7) is 8.23. The van der Waals surface area contributed by atoms with Gasteiger partial charge in [0.1, 0.15) is 31.3 Å². The van der Waals surface area contributed by atoms with Crippen molar-refractivity contribution in [2.45, 2.75) is 175 Å². The van der Waals surface area contributed by atoms with Gasteiger partial charge in [-0.3, -0.25) is 14.2 Å². The van der Waals surface area contributed by atoms with Gasteiger partial charge in [0.05, 0.1) is 33.9 Å². The summed E-state index contributed by atoms with van der Waals surface area (Å²) in [5, 5.41) is 10.0. The monoisotopic (exact) mass is 890 g/mol. The second kappa shape index (κ2) is 35.3. The Bertz CT molecular complexity index is 1540. The Hall–Kier alpha value is -3.05. The molecule has 12 heteroatoms. The number of nitrogens with zero attached hydrogens (tertiary/aromatic N) is 1. The lowest BCUT2D eigenvalue weighted by Gasteiger charge is -2.28. The number of hydrogen-bond donors (Lipinski definition) is 1. The molecule has 0 aromatic carbocycles. The molecule has 0 spiro atoms. The van der Waals surface area contributed by atoms with Crippen molar-refractivity contribution < 1.29 is 51.6 Å². The maximum Gasteiger partial charge on any atom is 0.306 e. The summed E-state index contributed by atoms with van der Waals surface area (Å²) in [6, 6.07) is 0. The van der Waals surface area contributed by atoms with E-state index < -0.39 is 38.6 Å². The van der Waals surface area contributed by atoms with Crippen LogP contribution in [0.4, 0.5) is 0 Å². The smallest absolute Gasteiger partial charge is 0.306 e. The van der Waals surface area contributed by atoms with Crippen LogP contribution in [-0.2, 0) is 45.5 Å². The number of likely N-dealkylation sites (N-methyl/N-ethyl adjacent to an activating group) is 1. The SMILES string of the molecule is CC/C=C\C/C=C\CC(O)/C=C/C=C\C/C=C\CCCC(=O)OC[C@H](COP(=O)([O-])OCC[N+](C)(C)C)OC(=O)CCCCCCCCCCc1oc(CCCCC)c(C)c1C. The predicted molar refractivity (Wildman–Crippen MR) is 250 cm³/mol. The van der Waals surface area contributed by atoms with Crippen LogP contribution in [0.2, 0.25) is 0 Å². The molecule has 1 aromatic heterocycles.